The van der Waals surface area contributed by atoms with Crippen LogP contribution >= 0.6 is 0 Å². The number of rotatable bonds is 3. The maximum absolute atomic E-state index is 13.8. The Hall–Kier alpha value is -2.74. The Balaban J connectivity index is 1.78. The molecule has 0 saturated carbocycles. The molecule has 2 aromatic heterocycles. The number of anilines is 2. The normalized spacial score (nSPS) is 17.2. The minimum Gasteiger partial charge on any atom is -0.508 e. The first-order chi connectivity index (χ1) is 11.1. The van der Waals surface area contributed by atoms with Crippen LogP contribution < -0.4 is 5.32 Å². The maximum Gasteiger partial charge on any atom is 0.312 e. The van der Waals surface area contributed by atoms with E-state index in [1.165, 1.54) is 0 Å². The summed E-state index contributed by atoms with van der Waals surface area (Å²) in [4.78, 5) is 11.9. The van der Waals surface area contributed by atoms with Crippen molar-refractivity contribution in [3.63, 3.8) is 0 Å². The zero-order chi connectivity index (χ0) is 16.0. The average Bonchev–Trinajstić information content (AvgIpc) is 2.84. The predicted octanol–water partition coefficient (Wildman–Crippen LogP) is 2.64. The van der Waals surface area contributed by atoms with Gasteiger partial charge in [0.2, 0.25) is 0 Å². The number of benzene rings is 1. The number of nitrogens with one attached hydrogen (secondary N) is 1. The van der Waals surface area contributed by atoms with Crippen molar-refractivity contribution in [2.24, 2.45) is 0 Å². The molecule has 0 aliphatic carbocycles. The van der Waals surface area contributed by atoms with Crippen LogP contribution in [0.4, 0.5) is 15.9 Å². The molecule has 1 unspecified atom stereocenters. The number of imidazole rings is 1. The van der Waals surface area contributed by atoms with E-state index in [4.69, 9.17) is 4.74 Å². The minimum absolute atomic E-state index is 0.155. The lowest BCUT2D eigenvalue weighted by Gasteiger charge is -2.27. The largest absolute Gasteiger partial charge is 0.508 e. The van der Waals surface area contributed by atoms with E-state index >= 15 is 0 Å². The monoisotopic (exact) mass is 315 g/mol. The standard InChI is InChI=1S/C15H14FN5O2/c1-8-6-9(22)2-3-10(8)18-13-12-14(20-15(16)19-13)21(7-17-12)11-4-5-23-11/h2-3,6-7,11,22H,4-5H2,1H3,(H,18,19,20). The Morgan fingerprint density at radius 1 is 1.39 bits per heavy atom. The maximum atomic E-state index is 13.8. The fourth-order valence-corrected chi connectivity index (χ4v) is 2.55. The number of nitrogens with zero attached hydrogens (tertiary/aromatic N) is 4. The summed E-state index contributed by atoms with van der Waals surface area (Å²) < 4.78 is 20.9. The van der Waals surface area contributed by atoms with E-state index in [2.05, 4.69) is 20.3 Å². The van der Waals surface area contributed by atoms with Gasteiger partial charge in [-0.15, -0.1) is 0 Å². The van der Waals surface area contributed by atoms with Gasteiger partial charge in [0.1, 0.15) is 12.0 Å². The second kappa shape index (κ2) is 5.17. The molecule has 3 aromatic rings. The average molecular weight is 315 g/mol. The Kier molecular flexibility index (Phi) is 3.12. The number of hydrogen-bond donors (Lipinski definition) is 2. The van der Waals surface area contributed by atoms with Crippen molar-refractivity contribution in [3.8, 4) is 5.75 Å². The van der Waals surface area contributed by atoms with Gasteiger partial charge in [0.25, 0.3) is 0 Å². The van der Waals surface area contributed by atoms with Crippen molar-refractivity contribution in [1.29, 1.82) is 0 Å². The third-order valence-electron chi connectivity index (χ3n) is 3.84. The van der Waals surface area contributed by atoms with Crippen LogP contribution in [0.1, 0.15) is 18.2 Å². The van der Waals surface area contributed by atoms with Crippen LogP contribution in [0.25, 0.3) is 11.2 Å². The van der Waals surface area contributed by atoms with E-state index < -0.39 is 6.08 Å². The van der Waals surface area contributed by atoms with Crippen LogP contribution in [0, 0.1) is 13.0 Å². The van der Waals surface area contributed by atoms with Gasteiger partial charge in [0.15, 0.2) is 17.0 Å². The van der Waals surface area contributed by atoms with Crippen LogP contribution in [0.3, 0.4) is 0 Å². The van der Waals surface area contributed by atoms with Crippen LogP contribution in [0.2, 0.25) is 0 Å². The molecule has 4 rings (SSSR count). The molecule has 118 valence electrons. The second-order valence-electron chi connectivity index (χ2n) is 5.40. The van der Waals surface area contributed by atoms with E-state index in [0.717, 1.165) is 12.0 Å². The number of ether oxygens (including phenoxy) is 1. The fourth-order valence-electron chi connectivity index (χ4n) is 2.55. The molecule has 0 amide bonds. The van der Waals surface area contributed by atoms with Crippen molar-refractivity contribution >= 4 is 22.7 Å². The fraction of sp³-hybridized carbons (Fsp3) is 0.267. The van der Waals surface area contributed by atoms with Crippen molar-refractivity contribution in [1.82, 2.24) is 19.5 Å². The summed E-state index contributed by atoms with van der Waals surface area (Å²) in [6.45, 7) is 2.51. The Morgan fingerprint density at radius 3 is 2.91 bits per heavy atom. The minimum atomic E-state index is -0.836. The zero-order valence-electron chi connectivity index (χ0n) is 12.3. The first-order valence-corrected chi connectivity index (χ1v) is 7.20. The number of aromatic nitrogens is 4. The Bertz CT molecular complexity index is 891. The third kappa shape index (κ3) is 2.36. The first-order valence-electron chi connectivity index (χ1n) is 7.20. The molecule has 8 heteroatoms. The van der Waals surface area contributed by atoms with Gasteiger partial charge >= 0.3 is 6.08 Å². The molecular formula is C15H14FN5O2. The number of hydrogen-bond acceptors (Lipinski definition) is 6. The lowest BCUT2D eigenvalue weighted by molar-refractivity contribution is -0.0974. The number of aromatic hydroxyl groups is 1. The van der Waals surface area contributed by atoms with E-state index in [-0.39, 0.29) is 17.8 Å². The molecule has 0 bridgehead atoms. The number of fused-ring (bicyclic) bond motifs is 1. The summed E-state index contributed by atoms with van der Waals surface area (Å²) in [6.07, 6.45) is 1.43. The van der Waals surface area contributed by atoms with E-state index in [0.29, 0.717) is 23.5 Å². The quantitative estimate of drug-likeness (QED) is 0.571. The molecule has 23 heavy (non-hydrogen) atoms. The van der Waals surface area contributed by atoms with E-state index in [1.807, 2.05) is 6.92 Å². The van der Waals surface area contributed by atoms with Gasteiger partial charge in [0.05, 0.1) is 12.9 Å². The highest BCUT2D eigenvalue weighted by Crippen LogP contribution is 2.30. The lowest BCUT2D eigenvalue weighted by Crippen LogP contribution is -2.24. The number of aryl methyl sites for hydroxylation is 1. The van der Waals surface area contributed by atoms with Gasteiger partial charge in [-0.3, -0.25) is 4.57 Å². The topological polar surface area (TPSA) is 85.1 Å². The van der Waals surface area contributed by atoms with Crippen LogP contribution in [-0.4, -0.2) is 31.2 Å². The highest BCUT2D eigenvalue weighted by atomic mass is 19.1. The van der Waals surface area contributed by atoms with Crippen molar-refractivity contribution < 1.29 is 14.2 Å². The molecule has 0 spiro atoms. The number of phenolic OH excluding ortho intramolecular Hbond substituents is 1. The summed E-state index contributed by atoms with van der Waals surface area (Å²) in [6, 6.07) is 4.85. The third-order valence-corrected chi connectivity index (χ3v) is 3.84. The smallest absolute Gasteiger partial charge is 0.312 e. The van der Waals surface area contributed by atoms with Gasteiger partial charge in [-0.05, 0) is 30.7 Å². The molecule has 1 fully saturated rings. The van der Waals surface area contributed by atoms with Crippen LogP contribution in [0.5, 0.6) is 5.75 Å². The van der Waals surface area contributed by atoms with Gasteiger partial charge in [-0.1, -0.05) is 0 Å². The summed E-state index contributed by atoms with van der Waals surface area (Å²) in [5, 5.41) is 12.5. The van der Waals surface area contributed by atoms with Crippen molar-refractivity contribution in [2.45, 2.75) is 19.6 Å². The molecule has 1 aromatic carbocycles. The SMILES string of the molecule is Cc1cc(O)ccc1Nc1nc(F)nc2c1ncn2C1CCO1. The molecule has 7 nitrogen and oxygen atoms in total. The highest BCUT2D eigenvalue weighted by Gasteiger charge is 2.24. The van der Waals surface area contributed by atoms with E-state index in [9.17, 15) is 9.50 Å². The lowest BCUT2D eigenvalue weighted by atomic mass is 10.2. The zero-order valence-corrected chi connectivity index (χ0v) is 12.3. The first kappa shape index (κ1) is 13.9. The molecule has 1 atom stereocenters. The summed E-state index contributed by atoms with van der Waals surface area (Å²) in [5.74, 6) is 0.442. The molecule has 1 aliphatic heterocycles. The van der Waals surface area contributed by atoms with Crippen molar-refractivity contribution in [3.05, 3.63) is 36.2 Å². The van der Waals surface area contributed by atoms with Gasteiger partial charge in [-0.25, -0.2) is 4.98 Å². The van der Waals surface area contributed by atoms with Gasteiger partial charge < -0.3 is 15.2 Å². The molecule has 0 radical (unpaired) electrons. The van der Waals surface area contributed by atoms with E-state index in [1.54, 1.807) is 29.1 Å². The molecule has 1 aliphatic rings. The van der Waals surface area contributed by atoms with Crippen molar-refractivity contribution in [2.75, 3.05) is 11.9 Å². The van der Waals surface area contributed by atoms with Gasteiger partial charge in [0, 0.05) is 12.1 Å². The predicted molar refractivity (Wildman–Crippen MR) is 81.0 cm³/mol. The summed E-state index contributed by atoms with van der Waals surface area (Å²) in [7, 11) is 0. The number of halogens is 1. The Morgan fingerprint density at radius 2 is 2.22 bits per heavy atom. The molecule has 3 heterocycles. The summed E-state index contributed by atoms with van der Waals surface area (Å²) in [5.41, 5.74) is 2.37. The molecule has 2 N–H and O–H groups in total. The highest BCUT2D eigenvalue weighted by molar-refractivity contribution is 5.85. The second-order valence-corrected chi connectivity index (χ2v) is 5.40. The number of phenols is 1. The van der Waals surface area contributed by atoms with Crippen LogP contribution in [0.15, 0.2) is 24.5 Å². The summed E-state index contributed by atoms with van der Waals surface area (Å²) >= 11 is 0. The Labute approximate surface area is 130 Å². The molecular weight excluding hydrogens is 301 g/mol. The molecule has 1 saturated heterocycles. The van der Waals surface area contributed by atoms with Gasteiger partial charge in [-0.2, -0.15) is 14.4 Å². The van der Waals surface area contributed by atoms with Crippen LogP contribution in [-0.2, 0) is 4.74 Å².